The minimum Gasteiger partial charge on any atom is -0.485 e. The van der Waals surface area contributed by atoms with Crippen molar-refractivity contribution in [3.63, 3.8) is 0 Å². The molecule has 3 aliphatic heterocycles. The van der Waals surface area contributed by atoms with Crippen LogP contribution in [0.5, 0.6) is 5.75 Å². The largest absolute Gasteiger partial charge is 0.485 e. The monoisotopic (exact) mass is 1060 g/mol. The molecule has 0 spiro atoms. The van der Waals surface area contributed by atoms with Crippen LogP contribution in [0, 0.1) is 31.6 Å². The molecule has 1 amide bonds. The van der Waals surface area contributed by atoms with E-state index >= 15 is 0 Å². The highest BCUT2D eigenvalue weighted by Gasteiger charge is 2.34. The molecule has 3 fully saturated rings. The summed E-state index contributed by atoms with van der Waals surface area (Å²) in [5.74, 6) is 7.20. The number of alkyl halides is 4. The molecule has 16 nitrogen and oxygen atoms in total. The number of carbonyl (C=O) groups excluding carboxylic acids is 1. The van der Waals surface area contributed by atoms with E-state index in [9.17, 15) is 35.6 Å². The number of anilines is 1. The molecule has 5 aromatic rings. The summed E-state index contributed by atoms with van der Waals surface area (Å²) in [6, 6.07) is 16.7. The van der Waals surface area contributed by atoms with Crippen LogP contribution in [-0.2, 0) is 32.6 Å². The number of benzene rings is 2. The van der Waals surface area contributed by atoms with Crippen molar-refractivity contribution in [2.24, 2.45) is 5.92 Å². The highest BCUT2D eigenvalue weighted by atomic mass is 32.2. The van der Waals surface area contributed by atoms with Crippen molar-refractivity contribution < 1.29 is 44.8 Å². The molecule has 0 aliphatic carbocycles. The van der Waals surface area contributed by atoms with E-state index in [2.05, 4.69) is 32.5 Å². The van der Waals surface area contributed by atoms with Crippen LogP contribution in [0.15, 0.2) is 99.1 Å². The zero-order chi connectivity index (χ0) is 53.4. The van der Waals surface area contributed by atoms with Crippen molar-refractivity contribution in [2.75, 3.05) is 91.5 Å². The molecule has 2 N–H and O–H groups in total. The first kappa shape index (κ1) is 54.7. The van der Waals surface area contributed by atoms with Gasteiger partial charge in [-0.2, -0.15) is 17.5 Å². The highest BCUT2D eigenvalue weighted by Crippen LogP contribution is 2.32. The predicted molar refractivity (Wildman–Crippen MR) is 279 cm³/mol. The SMILES string of the molecule is CO/C(=C\C=C(/C)NCC#Cc1cc2c(N[C@@H]3CCN(C)C[C@@H]3F)cccc2n1CC(F)(F)F)S(=O)(=O)N1CCN(CC2CCN(C(=O)COc3cccc(Cn4cc(-c5c(C)noc5C)ccc4=O)c3)CC2)CC1. The van der Waals surface area contributed by atoms with Crippen LogP contribution >= 0.6 is 0 Å². The third-order valence-corrected chi connectivity index (χ3v) is 15.9. The molecule has 21 heteroatoms. The minimum absolute atomic E-state index is 0.0553. The number of carbonyl (C=O) groups is 1. The van der Waals surface area contributed by atoms with Crippen LogP contribution in [0.4, 0.5) is 23.2 Å². The number of aryl methyl sites for hydroxylation is 2. The molecule has 8 rings (SSSR count). The Bertz CT molecular complexity index is 3100. The van der Waals surface area contributed by atoms with Crippen LogP contribution in [0.1, 0.15) is 48.9 Å². The van der Waals surface area contributed by atoms with Crippen molar-refractivity contribution in [2.45, 2.75) is 71.5 Å². The quantitative estimate of drug-likeness (QED) is 0.0438. The van der Waals surface area contributed by atoms with Crippen molar-refractivity contribution in [1.82, 2.24) is 38.6 Å². The minimum atomic E-state index is -4.51. The zero-order valence-corrected chi connectivity index (χ0v) is 43.8. The van der Waals surface area contributed by atoms with E-state index in [1.165, 1.54) is 23.6 Å². The van der Waals surface area contributed by atoms with Crippen molar-refractivity contribution in [3.05, 3.63) is 123 Å². The Kier molecular flexibility index (Phi) is 17.5. The lowest BCUT2D eigenvalue weighted by molar-refractivity contribution is -0.140. The number of pyridine rings is 1. The number of sulfonamides is 1. The Morgan fingerprint density at radius 3 is 2.44 bits per heavy atom. The normalized spacial score (nSPS) is 19.0. The Morgan fingerprint density at radius 2 is 1.73 bits per heavy atom. The Labute approximate surface area is 434 Å². The van der Waals surface area contributed by atoms with E-state index in [1.54, 1.807) is 60.2 Å². The molecule has 0 saturated carbocycles. The van der Waals surface area contributed by atoms with Gasteiger partial charge in [-0.15, -0.1) is 0 Å². The predicted octanol–water partition coefficient (Wildman–Crippen LogP) is 6.74. The third-order valence-electron chi connectivity index (χ3n) is 14.0. The fourth-order valence-electron chi connectivity index (χ4n) is 9.99. The smallest absolute Gasteiger partial charge is 0.406 e. The Balaban J connectivity index is 0.779. The second-order valence-electron chi connectivity index (χ2n) is 19.5. The van der Waals surface area contributed by atoms with Crippen LogP contribution in [0.25, 0.3) is 22.0 Å². The maximum Gasteiger partial charge on any atom is 0.406 e. The summed E-state index contributed by atoms with van der Waals surface area (Å²) in [5, 5.41) is 10.6. The molecule has 3 aromatic heterocycles. The fraction of sp³-hybridized carbons (Fsp3) is 0.463. The van der Waals surface area contributed by atoms with Crippen molar-refractivity contribution in [1.29, 1.82) is 0 Å². The molecule has 6 heterocycles. The molecule has 2 atom stereocenters. The third kappa shape index (κ3) is 13.8. The summed E-state index contributed by atoms with van der Waals surface area (Å²) in [4.78, 5) is 32.0. The summed E-state index contributed by atoms with van der Waals surface area (Å²) in [6.07, 6.45) is 1.23. The maximum absolute atomic E-state index is 14.9. The number of methoxy groups -OCH3 is 1. The van der Waals surface area contributed by atoms with Crippen LogP contribution in [0.2, 0.25) is 0 Å². The number of nitrogens with one attached hydrogen (secondary N) is 2. The second kappa shape index (κ2) is 23.9. The Hall–Kier alpha value is -6.60. The lowest BCUT2D eigenvalue weighted by Gasteiger charge is -2.38. The van der Waals surface area contributed by atoms with Gasteiger partial charge in [0, 0.05) is 99.1 Å². The van der Waals surface area contributed by atoms with Gasteiger partial charge in [0.2, 0.25) is 5.09 Å². The molecular formula is C54H65F4N9O7S. The molecular weight excluding hydrogens is 995 g/mol. The number of halogens is 4. The number of ether oxygens (including phenoxy) is 2. The highest BCUT2D eigenvalue weighted by molar-refractivity contribution is 7.92. The average Bonchev–Trinajstić information content (AvgIpc) is 3.90. The van der Waals surface area contributed by atoms with Gasteiger partial charge in [0.05, 0.1) is 43.1 Å². The van der Waals surface area contributed by atoms with Gasteiger partial charge in [0.15, 0.2) is 6.61 Å². The lowest BCUT2D eigenvalue weighted by Crippen LogP contribution is -2.51. The number of rotatable bonds is 17. The molecule has 2 aromatic carbocycles. The number of fused-ring (bicyclic) bond motifs is 1. The number of hydrogen-bond acceptors (Lipinski definition) is 12. The van der Waals surface area contributed by atoms with E-state index in [-0.39, 0.29) is 55.0 Å². The second-order valence-corrected chi connectivity index (χ2v) is 21.4. The van der Waals surface area contributed by atoms with Gasteiger partial charge in [-0.25, -0.2) is 12.8 Å². The van der Waals surface area contributed by atoms with E-state index < -0.39 is 35.0 Å². The van der Waals surface area contributed by atoms with Gasteiger partial charge in [-0.3, -0.25) is 9.59 Å². The number of piperazine rings is 1. The molecule has 3 aliphatic rings. The summed E-state index contributed by atoms with van der Waals surface area (Å²) in [6.45, 7) is 8.97. The maximum atomic E-state index is 14.9. The first-order valence-electron chi connectivity index (χ1n) is 25.1. The number of hydrogen-bond donors (Lipinski definition) is 2. The number of likely N-dealkylation sites (tertiary alicyclic amines) is 2. The molecule has 75 heavy (non-hydrogen) atoms. The topological polar surface area (TPSA) is 160 Å². The first-order chi connectivity index (χ1) is 35.8. The molecule has 0 radical (unpaired) electrons. The molecule has 0 bridgehead atoms. The van der Waals surface area contributed by atoms with Gasteiger partial charge in [0.25, 0.3) is 21.5 Å². The number of piperidine rings is 2. The van der Waals surface area contributed by atoms with Crippen LogP contribution in [0.3, 0.4) is 0 Å². The number of allylic oxidation sites excluding steroid dienone is 3. The van der Waals surface area contributed by atoms with Crippen molar-refractivity contribution in [3.8, 4) is 28.7 Å². The zero-order valence-electron chi connectivity index (χ0n) is 43.0. The van der Waals surface area contributed by atoms with Gasteiger partial charge < -0.3 is 48.5 Å². The Morgan fingerprint density at radius 1 is 0.973 bits per heavy atom. The summed E-state index contributed by atoms with van der Waals surface area (Å²) in [5.41, 5.74) is 4.69. The van der Waals surface area contributed by atoms with E-state index in [0.717, 1.165) is 46.3 Å². The van der Waals surface area contributed by atoms with E-state index in [1.807, 2.05) is 48.9 Å². The summed E-state index contributed by atoms with van der Waals surface area (Å²) >= 11 is 0. The van der Waals surface area contributed by atoms with E-state index in [0.29, 0.717) is 85.4 Å². The molecule has 0 unspecified atom stereocenters. The summed E-state index contributed by atoms with van der Waals surface area (Å²) < 4.78 is 104. The number of aromatic nitrogens is 3. The fourth-order valence-corrected chi connectivity index (χ4v) is 11.3. The lowest BCUT2D eigenvalue weighted by atomic mass is 9.96. The van der Waals surface area contributed by atoms with Crippen molar-refractivity contribution >= 4 is 32.5 Å². The standard InChI is InChI=1S/C54H65F4N9O7S/c1-37(59-21-8-10-43-30-45-47(60-48-20-22-62(4)34-46(48)55)12-7-13-49(45)67(43)36-54(56,57)58)14-17-52(72-5)75(70,71)66-27-25-63(26-28-66)31-40-18-23-64(24-19-40)51(69)35-73-44-11-6-9-41(29-44)32-65-33-42(15-16-50(65)68)53-38(2)61-74-39(53)3/h6-7,9,11-17,29-30,33,40,46,48,59-60H,18-28,31-32,34-36H2,1-5H3/b37-14+,52-17+/t46-,48+/m0/s1. The van der Waals surface area contributed by atoms with E-state index in [4.69, 9.17) is 14.0 Å². The van der Waals surface area contributed by atoms with Gasteiger partial charge >= 0.3 is 6.18 Å². The molecule has 3 saturated heterocycles. The van der Waals surface area contributed by atoms with Crippen LogP contribution < -0.4 is 20.9 Å². The number of nitrogens with zero attached hydrogens (tertiary/aromatic N) is 7. The molecule has 402 valence electrons. The van der Waals surface area contributed by atoms with Crippen LogP contribution in [-0.4, -0.2) is 152 Å². The number of amides is 1. The first-order valence-corrected chi connectivity index (χ1v) is 26.6. The van der Waals surface area contributed by atoms with Gasteiger partial charge in [-0.1, -0.05) is 29.3 Å². The van der Waals surface area contributed by atoms with Gasteiger partial charge in [-0.05, 0) is 113 Å². The van der Waals surface area contributed by atoms with Gasteiger partial charge in [0.1, 0.15) is 24.2 Å². The average molecular weight is 1060 g/mol. The summed E-state index contributed by atoms with van der Waals surface area (Å²) in [7, 11) is -0.821.